The number of nitrogens with zero attached hydrogens (tertiary/aromatic N) is 2. The Bertz CT molecular complexity index is 925. The molecule has 0 unspecified atom stereocenters. The Labute approximate surface area is 141 Å². The molecule has 2 aromatic carbocycles. The van der Waals surface area contributed by atoms with E-state index in [-0.39, 0.29) is 18.1 Å². The summed E-state index contributed by atoms with van der Waals surface area (Å²) in [6.45, 7) is -2.97. The minimum Gasteiger partial charge on any atom is -0.435 e. The lowest BCUT2D eigenvalue weighted by molar-refractivity contribution is -0.115. The number of aromatic nitrogens is 2. The van der Waals surface area contributed by atoms with Crippen molar-refractivity contribution in [1.82, 2.24) is 9.55 Å². The van der Waals surface area contributed by atoms with Crippen LogP contribution in [-0.2, 0) is 18.3 Å². The zero-order valence-corrected chi connectivity index (χ0v) is 13.2. The van der Waals surface area contributed by atoms with Crippen molar-refractivity contribution in [2.75, 3.05) is 5.32 Å². The number of amides is 1. The molecule has 1 N–H and O–H groups in total. The largest absolute Gasteiger partial charge is 0.435 e. The Balaban J connectivity index is 1.79. The van der Waals surface area contributed by atoms with Crippen molar-refractivity contribution >= 4 is 22.9 Å². The molecule has 0 radical (unpaired) electrons. The number of halogens is 3. The van der Waals surface area contributed by atoms with Gasteiger partial charge in [-0.05, 0) is 18.2 Å². The Morgan fingerprint density at radius 1 is 1.28 bits per heavy atom. The monoisotopic (exact) mass is 349 g/mol. The van der Waals surface area contributed by atoms with Gasteiger partial charge in [-0.25, -0.2) is 9.37 Å². The number of para-hydroxylation sites is 1. The lowest BCUT2D eigenvalue weighted by Gasteiger charge is -2.10. The van der Waals surface area contributed by atoms with Crippen molar-refractivity contribution in [2.24, 2.45) is 7.05 Å². The van der Waals surface area contributed by atoms with Crippen LogP contribution in [0, 0.1) is 5.82 Å². The standard InChI is InChI=1S/C17H14F3N3O2/c1-23-13-7-6-11(18)9-12(13)21-17(23)22-15(24)8-10-4-2-3-5-14(10)25-16(19)20/h2-7,9,16H,8H2,1H3,(H,21,22,24). The Hall–Kier alpha value is -3.03. The molecule has 0 fully saturated rings. The first kappa shape index (κ1) is 16.8. The van der Waals surface area contributed by atoms with Crippen LogP contribution in [-0.4, -0.2) is 22.1 Å². The van der Waals surface area contributed by atoms with Gasteiger partial charge in [0, 0.05) is 18.7 Å². The van der Waals surface area contributed by atoms with E-state index >= 15 is 0 Å². The minimum atomic E-state index is -2.97. The van der Waals surface area contributed by atoms with Crippen LogP contribution in [0.5, 0.6) is 5.75 Å². The number of hydrogen-bond donors (Lipinski definition) is 1. The van der Waals surface area contributed by atoms with E-state index in [0.29, 0.717) is 16.6 Å². The molecule has 0 atom stereocenters. The van der Waals surface area contributed by atoms with Crippen molar-refractivity contribution in [1.29, 1.82) is 0 Å². The number of imidazole rings is 1. The lowest BCUT2D eigenvalue weighted by atomic mass is 10.1. The number of carbonyl (C=O) groups excluding carboxylic acids is 1. The highest BCUT2D eigenvalue weighted by molar-refractivity contribution is 5.93. The van der Waals surface area contributed by atoms with Crippen LogP contribution in [0.4, 0.5) is 19.1 Å². The lowest BCUT2D eigenvalue weighted by Crippen LogP contribution is -2.18. The number of hydrogen-bond acceptors (Lipinski definition) is 3. The van der Waals surface area contributed by atoms with Gasteiger partial charge < -0.3 is 9.30 Å². The predicted octanol–water partition coefficient (Wildman–Crippen LogP) is 3.50. The summed E-state index contributed by atoms with van der Waals surface area (Å²) in [5.74, 6) is -0.705. The van der Waals surface area contributed by atoms with Crippen molar-refractivity contribution in [2.45, 2.75) is 13.0 Å². The molecule has 5 nitrogen and oxygen atoms in total. The second-order valence-electron chi connectivity index (χ2n) is 5.34. The third-order valence-electron chi connectivity index (χ3n) is 3.63. The molecule has 3 rings (SSSR count). The highest BCUT2D eigenvalue weighted by atomic mass is 19.3. The smallest absolute Gasteiger partial charge is 0.387 e. The fraction of sp³-hybridized carbons (Fsp3) is 0.176. The first-order chi connectivity index (χ1) is 11.9. The molecule has 8 heteroatoms. The Kier molecular flexibility index (Phi) is 4.60. The average Bonchev–Trinajstić information content (AvgIpc) is 2.84. The molecule has 0 aliphatic heterocycles. The van der Waals surface area contributed by atoms with Gasteiger partial charge in [0.15, 0.2) is 0 Å². The molecule has 0 bridgehead atoms. The van der Waals surface area contributed by atoms with Crippen LogP contribution in [0.2, 0.25) is 0 Å². The molecule has 1 aromatic heterocycles. The minimum absolute atomic E-state index is 0.0558. The summed E-state index contributed by atoms with van der Waals surface area (Å²) in [5.41, 5.74) is 1.38. The number of benzene rings is 2. The first-order valence-electron chi connectivity index (χ1n) is 7.38. The molecule has 0 saturated heterocycles. The topological polar surface area (TPSA) is 56.2 Å². The number of anilines is 1. The van der Waals surface area contributed by atoms with E-state index < -0.39 is 18.3 Å². The number of rotatable bonds is 5. The van der Waals surface area contributed by atoms with E-state index in [1.165, 1.54) is 24.3 Å². The summed E-state index contributed by atoms with van der Waals surface area (Å²) in [6.07, 6.45) is -0.166. The Morgan fingerprint density at radius 3 is 2.80 bits per heavy atom. The third kappa shape index (κ3) is 3.73. The maximum atomic E-state index is 13.3. The highest BCUT2D eigenvalue weighted by Gasteiger charge is 2.15. The highest BCUT2D eigenvalue weighted by Crippen LogP contribution is 2.22. The Morgan fingerprint density at radius 2 is 2.04 bits per heavy atom. The van der Waals surface area contributed by atoms with Crippen LogP contribution in [0.3, 0.4) is 0 Å². The fourth-order valence-electron chi connectivity index (χ4n) is 2.49. The van der Waals surface area contributed by atoms with Crippen LogP contribution in [0.25, 0.3) is 11.0 Å². The van der Waals surface area contributed by atoms with Gasteiger partial charge in [0.2, 0.25) is 11.9 Å². The molecule has 25 heavy (non-hydrogen) atoms. The van der Waals surface area contributed by atoms with Crippen LogP contribution < -0.4 is 10.1 Å². The van der Waals surface area contributed by atoms with Crippen molar-refractivity contribution < 1.29 is 22.7 Å². The van der Waals surface area contributed by atoms with Gasteiger partial charge in [0.05, 0.1) is 17.5 Å². The van der Waals surface area contributed by atoms with Crippen LogP contribution >= 0.6 is 0 Å². The number of nitrogens with one attached hydrogen (secondary N) is 1. The number of alkyl halides is 2. The number of carbonyl (C=O) groups is 1. The molecule has 0 aliphatic carbocycles. The van der Waals surface area contributed by atoms with E-state index in [4.69, 9.17) is 0 Å². The summed E-state index contributed by atoms with van der Waals surface area (Å²) < 4.78 is 44.1. The maximum absolute atomic E-state index is 13.3. The van der Waals surface area contributed by atoms with Gasteiger partial charge in [-0.1, -0.05) is 18.2 Å². The van der Waals surface area contributed by atoms with E-state index in [1.54, 1.807) is 29.8 Å². The molecule has 3 aromatic rings. The normalized spacial score (nSPS) is 11.1. The third-order valence-corrected chi connectivity index (χ3v) is 3.63. The van der Waals surface area contributed by atoms with Gasteiger partial charge in [0.25, 0.3) is 0 Å². The predicted molar refractivity (Wildman–Crippen MR) is 86.1 cm³/mol. The molecule has 1 amide bonds. The van der Waals surface area contributed by atoms with Crippen LogP contribution in [0.1, 0.15) is 5.56 Å². The molecule has 130 valence electrons. The molecule has 1 heterocycles. The van der Waals surface area contributed by atoms with Crippen molar-refractivity contribution in [3.05, 3.63) is 53.8 Å². The summed E-state index contributed by atoms with van der Waals surface area (Å²) >= 11 is 0. The quantitative estimate of drug-likeness (QED) is 0.767. The van der Waals surface area contributed by atoms with E-state index in [0.717, 1.165) is 0 Å². The SMILES string of the molecule is Cn1c(NC(=O)Cc2ccccc2OC(F)F)nc2cc(F)ccc21. The number of aryl methyl sites for hydroxylation is 1. The first-order valence-corrected chi connectivity index (χ1v) is 7.38. The van der Waals surface area contributed by atoms with Crippen LogP contribution in [0.15, 0.2) is 42.5 Å². The fourth-order valence-corrected chi connectivity index (χ4v) is 2.49. The van der Waals surface area contributed by atoms with Gasteiger partial charge in [-0.15, -0.1) is 0 Å². The summed E-state index contributed by atoms with van der Waals surface area (Å²) in [6, 6.07) is 10.2. The van der Waals surface area contributed by atoms with Gasteiger partial charge in [-0.3, -0.25) is 10.1 Å². The van der Waals surface area contributed by atoms with Crippen molar-refractivity contribution in [3.63, 3.8) is 0 Å². The molecule has 0 spiro atoms. The van der Waals surface area contributed by atoms with Gasteiger partial charge >= 0.3 is 6.61 Å². The van der Waals surface area contributed by atoms with E-state index in [9.17, 15) is 18.0 Å². The maximum Gasteiger partial charge on any atom is 0.387 e. The number of ether oxygens (including phenoxy) is 1. The van der Waals surface area contributed by atoms with E-state index in [2.05, 4.69) is 15.0 Å². The zero-order valence-electron chi connectivity index (χ0n) is 13.2. The second-order valence-corrected chi connectivity index (χ2v) is 5.34. The zero-order chi connectivity index (χ0) is 18.0. The number of fused-ring (bicyclic) bond motifs is 1. The molecular weight excluding hydrogens is 335 g/mol. The van der Waals surface area contributed by atoms with Gasteiger partial charge in [0.1, 0.15) is 11.6 Å². The molecule has 0 aliphatic rings. The summed E-state index contributed by atoms with van der Waals surface area (Å²) in [5, 5.41) is 2.60. The van der Waals surface area contributed by atoms with Gasteiger partial charge in [-0.2, -0.15) is 8.78 Å². The average molecular weight is 349 g/mol. The van der Waals surface area contributed by atoms with E-state index in [1.807, 2.05) is 0 Å². The summed E-state index contributed by atoms with van der Waals surface area (Å²) in [4.78, 5) is 16.4. The molecule has 0 saturated carbocycles. The second kappa shape index (κ2) is 6.84. The van der Waals surface area contributed by atoms with Crippen molar-refractivity contribution in [3.8, 4) is 5.75 Å². The molecular formula is C17H14F3N3O2. The summed E-state index contributed by atoms with van der Waals surface area (Å²) in [7, 11) is 1.68.